The van der Waals surface area contributed by atoms with Crippen molar-refractivity contribution in [2.75, 3.05) is 13.2 Å². The molecule has 0 unspecified atom stereocenters. The van der Waals surface area contributed by atoms with E-state index in [0.29, 0.717) is 19.6 Å². The van der Waals surface area contributed by atoms with E-state index >= 15 is 0 Å². The number of nitrogens with one attached hydrogen (secondary N) is 2. The molecule has 6 nitrogen and oxygen atoms in total. The number of aromatic amines is 1. The summed E-state index contributed by atoms with van der Waals surface area (Å²) < 4.78 is 12.2. The highest BCUT2D eigenvalue weighted by atomic mass is 16.7. The van der Waals surface area contributed by atoms with Crippen LogP contribution in [0, 0.1) is 13.8 Å². The molecule has 0 bridgehead atoms. The number of aryl methyl sites for hydroxylation is 2. The third-order valence-electron chi connectivity index (χ3n) is 5.48. The molecule has 140 valence electrons. The molecule has 1 aliphatic carbocycles. The predicted octanol–water partition coefficient (Wildman–Crippen LogP) is 3.10. The number of ether oxygens (including phenoxy) is 2. The molecule has 1 aromatic heterocycles. The molecular formula is C19H31N3O3. The van der Waals surface area contributed by atoms with Gasteiger partial charge in [0.05, 0.1) is 12.3 Å². The Kier molecular flexibility index (Phi) is 5.79. The van der Waals surface area contributed by atoms with Gasteiger partial charge in [-0.3, -0.25) is 9.89 Å². The second kappa shape index (κ2) is 7.87. The van der Waals surface area contributed by atoms with Gasteiger partial charge in [-0.15, -0.1) is 0 Å². The molecule has 1 aromatic rings. The van der Waals surface area contributed by atoms with E-state index in [2.05, 4.69) is 22.4 Å². The van der Waals surface area contributed by atoms with Crippen molar-refractivity contribution < 1.29 is 14.3 Å². The van der Waals surface area contributed by atoms with Crippen LogP contribution in [0.15, 0.2) is 0 Å². The number of aromatic nitrogens is 2. The van der Waals surface area contributed by atoms with Gasteiger partial charge in [0, 0.05) is 31.5 Å². The van der Waals surface area contributed by atoms with Gasteiger partial charge >= 0.3 is 0 Å². The van der Waals surface area contributed by atoms with Crippen molar-refractivity contribution in [3.8, 4) is 0 Å². The van der Waals surface area contributed by atoms with Crippen molar-refractivity contribution in [3.05, 3.63) is 17.0 Å². The summed E-state index contributed by atoms with van der Waals surface area (Å²) in [6.07, 6.45) is 7.25. The summed E-state index contributed by atoms with van der Waals surface area (Å²) in [6.45, 7) is 7.15. The van der Waals surface area contributed by atoms with E-state index in [-0.39, 0.29) is 23.7 Å². The number of amides is 1. The van der Waals surface area contributed by atoms with E-state index in [0.717, 1.165) is 29.8 Å². The zero-order valence-electron chi connectivity index (χ0n) is 15.7. The number of hydrogen-bond donors (Lipinski definition) is 2. The van der Waals surface area contributed by atoms with E-state index in [1.54, 1.807) is 0 Å². The van der Waals surface area contributed by atoms with Gasteiger partial charge in [-0.25, -0.2) is 0 Å². The Morgan fingerprint density at radius 1 is 1.32 bits per heavy atom. The summed E-state index contributed by atoms with van der Waals surface area (Å²) in [7, 11) is 0. The van der Waals surface area contributed by atoms with E-state index in [1.807, 2.05) is 13.8 Å². The Balaban J connectivity index is 1.45. The van der Waals surface area contributed by atoms with Crippen molar-refractivity contribution in [2.45, 2.75) is 83.5 Å². The Bertz CT molecular complexity index is 571. The molecule has 1 saturated carbocycles. The number of rotatable bonds is 5. The second-order valence-corrected chi connectivity index (χ2v) is 7.63. The fraction of sp³-hybridized carbons (Fsp3) is 0.789. The number of carbonyl (C=O) groups excluding carboxylic acids is 1. The highest BCUT2D eigenvalue weighted by molar-refractivity contribution is 5.76. The number of hydrogen-bond acceptors (Lipinski definition) is 4. The average molecular weight is 349 g/mol. The largest absolute Gasteiger partial charge is 0.353 e. The highest BCUT2D eigenvalue weighted by Crippen LogP contribution is 2.36. The van der Waals surface area contributed by atoms with Crippen molar-refractivity contribution in [1.82, 2.24) is 15.5 Å². The molecular weight excluding hydrogens is 318 g/mol. The number of carbonyl (C=O) groups is 1. The first-order valence-electron chi connectivity index (χ1n) is 9.59. The zero-order chi connectivity index (χ0) is 17.9. The fourth-order valence-electron chi connectivity index (χ4n) is 4.21. The first-order valence-corrected chi connectivity index (χ1v) is 9.59. The summed E-state index contributed by atoms with van der Waals surface area (Å²) in [4.78, 5) is 12.3. The molecule has 1 aliphatic heterocycles. The standard InChI is InChI=1S/C19H31N3O3/c1-13(18-14(2)21-22-15(18)3)10-17(23)20-11-16-12-24-19(25-16)8-6-4-5-7-9-19/h13,16H,4-12H2,1-3H3,(H,20,23)(H,21,22)/t13-,16-/m0/s1. The Morgan fingerprint density at radius 3 is 2.68 bits per heavy atom. The van der Waals surface area contributed by atoms with Crippen molar-refractivity contribution in [3.63, 3.8) is 0 Å². The van der Waals surface area contributed by atoms with Crippen LogP contribution in [0.5, 0.6) is 0 Å². The molecule has 1 spiro atoms. The molecule has 2 fully saturated rings. The first kappa shape index (κ1) is 18.4. The zero-order valence-corrected chi connectivity index (χ0v) is 15.7. The maximum absolute atomic E-state index is 12.3. The first-order chi connectivity index (χ1) is 12.0. The summed E-state index contributed by atoms with van der Waals surface area (Å²) in [5.74, 6) is -0.185. The predicted molar refractivity (Wildman–Crippen MR) is 95.4 cm³/mol. The molecule has 25 heavy (non-hydrogen) atoms. The van der Waals surface area contributed by atoms with Gasteiger partial charge in [0.15, 0.2) is 5.79 Å². The van der Waals surface area contributed by atoms with Gasteiger partial charge < -0.3 is 14.8 Å². The summed E-state index contributed by atoms with van der Waals surface area (Å²) in [5.41, 5.74) is 3.16. The lowest BCUT2D eigenvalue weighted by Crippen LogP contribution is -2.36. The monoisotopic (exact) mass is 349 g/mol. The van der Waals surface area contributed by atoms with Crippen LogP contribution in [0.1, 0.15) is 74.7 Å². The van der Waals surface area contributed by atoms with E-state index in [9.17, 15) is 4.79 Å². The molecule has 1 amide bonds. The minimum absolute atomic E-state index is 0.0326. The smallest absolute Gasteiger partial charge is 0.220 e. The van der Waals surface area contributed by atoms with Gasteiger partial charge in [0.1, 0.15) is 6.10 Å². The Hall–Kier alpha value is -1.40. The SMILES string of the molecule is Cc1n[nH]c(C)c1[C@@H](C)CC(=O)NC[C@H]1COC2(CCCCCC2)O1. The topological polar surface area (TPSA) is 76.2 Å². The van der Waals surface area contributed by atoms with Crippen molar-refractivity contribution in [2.24, 2.45) is 0 Å². The fourth-order valence-corrected chi connectivity index (χ4v) is 4.21. The molecule has 2 atom stereocenters. The van der Waals surface area contributed by atoms with Gasteiger partial charge in [-0.1, -0.05) is 19.8 Å². The minimum atomic E-state index is -0.385. The molecule has 1 saturated heterocycles. The van der Waals surface area contributed by atoms with Gasteiger partial charge in [-0.05, 0) is 38.2 Å². The summed E-state index contributed by atoms with van der Waals surface area (Å²) in [5, 5.41) is 10.2. The Morgan fingerprint density at radius 2 is 2.04 bits per heavy atom. The average Bonchev–Trinajstić information content (AvgIpc) is 3.03. The van der Waals surface area contributed by atoms with Gasteiger partial charge in [0.25, 0.3) is 0 Å². The second-order valence-electron chi connectivity index (χ2n) is 7.63. The number of nitrogens with zero attached hydrogens (tertiary/aromatic N) is 1. The van der Waals surface area contributed by atoms with Gasteiger partial charge in [0.2, 0.25) is 5.91 Å². The van der Waals surface area contributed by atoms with Gasteiger partial charge in [-0.2, -0.15) is 5.10 Å². The van der Waals surface area contributed by atoms with Crippen molar-refractivity contribution >= 4 is 5.91 Å². The van der Waals surface area contributed by atoms with Crippen LogP contribution in [0.3, 0.4) is 0 Å². The van der Waals surface area contributed by atoms with Crippen LogP contribution in [-0.4, -0.2) is 41.1 Å². The quantitative estimate of drug-likeness (QED) is 0.856. The normalized spacial score (nSPS) is 24.2. The van der Waals surface area contributed by atoms with E-state index in [1.165, 1.54) is 25.7 Å². The molecule has 0 aromatic carbocycles. The molecule has 2 heterocycles. The van der Waals surface area contributed by atoms with Crippen LogP contribution in [0.25, 0.3) is 0 Å². The van der Waals surface area contributed by atoms with Crippen LogP contribution < -0.4 is 5.32 Å². The molecule has 3 rings (SSSR count). The molecule has 2 N–H and O–H groups in total. The third-order valence-corrected chi connectivity index (χ3v) is 5.48. The van der Waals surface area contributed by atoms with E-state index < -0.39 is 0 Å². The van der Waals surface area contributed by atoms with E-state index in [4.69, 9.17) is 9.47 Å². The minimum Gasteiger partial charge on any atom is -0.353 e. The lowest BCUT2D eigenvalue weighted by molar-refractivity contribution is -0.175. The maximum atomic E-state index is 12.3. The third kappa shape index (κ3) is 4.42. The molecule has 2 aliphatic rings. The highest BCUT2D eigenvalue weighted by Gasteiger charge is 2.41. The summed E-state index contributed by atoms with van der Waals surface area (Å²) >= 11 is 0. The van der Waals surface area contributed by atoms with Crippen LogP contribution >= 0.6 is 0 Å². The molecule has 6 heteroatoms. The maximum Gasteiger partial charge on any atom is 0.220 e. The Labute approximate surface area is 150 Å². The number of H-pyrrole nitrogens is 1. The lowest BCUT2D eigenvalue weighted by Gasteiger charge is -2.26. The van der Waals surface area contributed by atoms with Crippen LogP contribution in [0.2, 0.25) is 0 Å². The van der Waals surface area contributed by atoms with Crippen LogP contribution in [-0.2, 0) is 14.3 Å². The molecule has 0 radical (unpaired) electrons. The van der Waals surface area contributed by atoms with Crippen molar-refractivity contribution in [1.29, 1.82) is 0 Å². The van der Waals surface area contributed by atoms with Crippen LogP contribution in [0.4, 0.5) is 0 Å². The summed E-state index contributed by atoms with van der Waals surface area (Å²) in [6, 6.07) is 0. The lowest BCUT2D eigenvalue weighted by atomic mass is 9.95.